The van der Waals surface area contributed by atoms with Gasteiger partial charge in [0.1, 0.15) is 0 Å². The smallest absolute Gasteiger partial charge is 0.303 e. The minimum Gasteiger partial charge on any atom is -0.481 e. The summed E-state index contributed by atoms with van der Waals surface area (Å²) in [4.78, 5) is 25.9. The second-order valence-corrected chi connectivity index (χ2v) is 4.18. The number of nitrogens with one attached hydrogen (secondary N) is 1. The normalized spacial score (nSPS) is 11.9. The van der Waals surface area contributed by atoms with Gasteiger partial charge in [0.05, 0.1) is 11.7 Å². The van der Waals surface area contributed by atoms with Gasteiger partial charge < -0.3 is 16.2 Å². The second kappa shape index (κ2) is 6.32. The van der Waals surface area contributed by atoms with Crippen molar-refractivity contribution in [3.8, 4) is 0 Å². The molecule has 1 aromatic heterocycles. The first-order valence-electron chi connectivity index (χ1n) is 5.31. The van der Waals surface area contributed by atoms with Crippen LogP contribution in [0.1, 0.15) is 18.4 Å². The van der Waals surface area contributed by atoms with Crippen LogP contribution in [0.2, 0.25) is 5.15 Å². The summed E-state index contributed by atoms with van der Waals surface area (Å²) in [6, 6.07) is 0.807. The van der Waals surface area contributed by atoms with Gasteiger partial charge in [-0.05, 0) is 25.0 Å². The van der Waals surface area contributed by atoms with Crippen molar-refractivity contribution in [2.75, 3.05) is 5.32 Å². The fourth-order valence-electron chi connectivity index (χ4n) is 1.30. The van der Waals surface area contributed by atoms with Crippen molar-refractivity contribution in [2.24, 2.45) is 5.73 Å². The first-order valence-corrected chi connectivity index (χ1v) is 5.69. The Hall–Kier alpha value is -1.66. The first kappa shape index (κ1) is 14.4. The number of aliphatic carboxylic acids is 1. The SMILES string of the molecule is Cc1ccnc(Cl)c1NC(=O)C(N)CCC(=O)O. The zero-order valence-corrected chi connectivity index (χ0v) is 10.6. The van der Waals surface area contributed by atoms with Gasteiger partial charge in [-0.15, -0.1) is 0 Å². The predicted molar refractivity (Wildman–Crippen MR) is 67.5 cm³/mol. The van der Waals surface area contributed by atoms with Crippen LogP contribution in [0.3, 0.4) is 0 Å². The molecule has 1 amide bonds. The number of carboxylic acid groups (broad SMARTS) is 1. The molecular formula is C11H14ClN3O3. The third kappa shape index (κ3) is 3.97. The average Bonchev–Trinajstić information content (AvgIpc) is 2.30. The summed E-state index contributed by atoms with van der Waals surface area (Å²) in [6.45, 7) is 1.77. The van der Waals surface area contributed by atoms with Crippen molar-refractivity contribution in [3.05, 3.63) is 23.0 Å². The summed E-state index contributed by atoms with van der Waals surface area (Å²) in [5.74, 6) is -1.47. The van der Waals surface area contributed by atoms with Gasteiger partial charge in [-0.1, -0.05) is 11.6 Å². The quantitative estimate of drug-likeness (QED) is 0.697. The van der Waals surface area contributed by atoms with Crippen LogP contribution in [0, 0.1) is 6.92 Å². The average molecular weight is 272 g/mol. The summed E-state index contributed by atoms with van der Waals surface area (Å²) >= 11 is 5.85. The maximum absolute atomic E-state index is 11.7. The van der Waals surface area contributed by atoms with Crippen LogP contribution < -0.4 is 11.1 Å². The number of rotatable bonds is 5. The molecule has 1 rings (SSSR count). The second-order valence-electron chi connectivity index (χ2n) is 3.82. The molecule has 18 heavy (non-hydrogen) atoms. The van der Waals surface area contributed by atoms with E-state index in [9.17, 15) is 9.59 Å². The summed E-state index contributed by atoms with van der Waals surface area (Å²) in [5.41, 5.74) is 6.73. The van der Waals surface area contributed by atoms with Crippen LogP contribution in [0.4, 0.5) is 5.69 Å². The van der Waals surface area contributed by atoms with Crippen LogP contribution in [-0.2, 0) is 9.59 Å². The number of amides is 1. The molecule has 1 aromatic rings. The van der Waals surface area contributed by atoms with Crippen LogP contribution in [0.25, 0.3) is 0 Å². The van der Waals surface area contributed by atoms with Gasteiger partial charge in [-0.25, -0.2) is 4.98 Å². The minimum absolute atomic E-state index is 0.0676. The molecule has 0 saturated carbocycles. The molecule has 0 aliphatic rings. The molecule has 0 radical (unpaired) electrons. The van der Waals surface area contributed by atoms with Crippen LogP contribution in [-0.4, -0.2) is 28.0 Å². The van der Waals surface area contributed by atoms with E-state index in [0.29, 0.717) is 5.69 Å². The lowest BCUT2D eigenvalue weighted by atomic mass is 10.1. The Balaban J connectivity index is 2.67. The highest BCUT2D eigenvalue weighted by atomic mass is 35.5. The fraction of sp³-hybridized carbons (Fsp3) is 0.364. The van der Waals surface area contributed by atoms with Gasteiger partial charge >= 0.3 is 5.97 Å². The maximum Gasteiger partial charge on any atom is 0.303 e. The van der Waals surface area contributed by atoms with E-state index in [0.717, 1.165) is 5.56 Å². The molecule has 0 aromatic carbocycles. The number of hydrogen-bond acceptors (Lipinski definition) is 4. The third-order valence-corrected chi connectivity index (χ3v) is 2.65. The van der Waals surface area contributed by atoms with Gasteiger partial charge in [-0.3, -0.25) is 9.59 Å². The van der Waals surface area contributed by atoms with Crippen molar-refractivity contribution < 1.29 is 14.7 Å². The standard InChI is InChI=1S/C11H14ClN3O3/c1-6-4-5-14-10(12)9(6)15-11(18)7(13)2-3-8(16)17/h4-5,7H,2-3,13H2,1H3,(H,15,18)(H,16,17). The van der Waals surface area contributed by atoms with Crippen LogP contribution in [0.5, 0.6) is 0 Å². The van der Waals surface area contributed by atoms with Crippen molar-refractivity contribution in [1.29, 1.82) is 0 Å². The number of halogens is 1. The van der Waals surface area contributed by atoms with Crippen molar-refractivity contribution >= 4 is 29.2 Å². The highest BCUT2D eigenvalue weighted by Gasteiger charge is 2.17. The number of carbonyl (C=O) groups excluding carboxylic acids is 1. The summed E-state index contributed by atoms with van der Waals surface area (Å²) in [5, 5.41) is 11.2. The zero-order valence-electron chi connectivity index (χ0n) is 9.81. The summed E-state index contributed by atoms with van der Waals surface area (Å²) in [6.07, 6.45) is 1.43. The molecule has 0 spiro atoms. The molecule has 0 fully saturated rings. The minimum atomic E-state index is -0.992. The largest absolute Gasteiger partial charge is 0.481 e. The van der Waals surface area contributed by atoms with Gasteiger partial charge in [0.2, 0.25) is 5.91 Å². The Labute approximate surface area is 109 Å². The number of aromatic nitrogens is 1. The predicted octanol–water partition coefficient (Wildman–Crippen LogP) is 1.17. The van der Waals surface area contributed by atoms with E-state index in [1.807, 2.05) is 0 Å². The molecule has 0 aliphatic heterocycles. The van der Waals surface area contributed by atoms with E-state index in [4.69, 9.17) is 22.4 Å². The molecule has 98 valence electrons. The van der Waals surface area contributed by atoms with Crippen molar-refractivity contribution in [2.45, 2.75) is 25.8 Å². The van der Waals surface area contributed by atoms with Gasteiger partial charge in [-0.2, -0.15) is 0 Å². The van der Waals surface area contributed by atoms with E-state index in [1.54, 1.807) is 13.0 Å². The molecule has 0 aliphatic carbocycles. The van der Waals surface area contributed by atoms with Gasteiger partial charge in [0.25, 0.3) is 0 Å². The van der Waals surface area contributed by atoms with Crippen molar-refractivity contribution in [1.82, 2.24) is 4.98 Å². The topological polar surface area (TPSA) is 105 Å². The Morgan fingerprint density at radius 3 is 2.83 bits per heavy atom. The Kier molecular flexibility index (Phi) is 5.06. The molecule has 0 bridgehead atoms. The highest BCUT2D eigenvalue weighted by molar-refractivity contribution is 6.32. The number of hydrogen-bond donors (Lipinski definition) is 3. The number of carbonyl (C=O) groups is 2. The van der Waals surface area contributed by atoms with Gasteiger partial charge in [0.15, 0.2) is 5.15 Å². The van der Waals surface area contributed by atoms with Crippen LogP contribution >= 0.6 is 11.6 Å². The fourth-order valence-corrected chi connectivity index (χ4v) is 1.55. The molecule has 1 atom stereocenters. The van der Waals surface area contributed by atoms with E-state index >= 15 is 0 Å². The molecule has 7 heteroatoms. The lowest BCUT2D eigenvalue weighted by molar-refractivity contribution is -0.137. The number of nitrogens with two attached hydrogens (primary N) is 1. The molecule has 0 saturated heterocycles. The van der Waals surface area contributed by atoms with Crippen LogP contribution in [0.15, 0.2) is 12.3 Å². The Morgan fingerprint density at radius 1 is 1.61 bits per heavy atom. The zero-order chi connectivity index (χ0) is 13.7. The summed E-state index contributed by atoms with van der Waals surface area (Å²) in [7, 11) is 0. The lowest BCUT2D eigenvalue weighted by Crippen LogP contribution is -2.36. The number of carboxylic acids is 1. The Morgan fingerprint density at radius 2 is 2.28 bits per heavy atom. The molecule has 6 nitrogen and oxygen atoms in total. The molecule has 4 N–H and O–H groups in total. The third-order valence-electron chi connectivity index (χ3n) is 2.37. The maximum atomic E-state index is 11.7. The number of anilines is 1. The molecule has 1 heterocycles. The Bertz CT molecular complexity index is 445. The first-order chi connectivity index (χ1) is 8.41. The monoisotopic (exact) mass is 271 g/mol. The van der Waals surface area contributed by atoms with Gasteiger partial charge in [0, 0.05) is 12.6 Å². The van der Waals surface area contributed by atoms with E-state index < -0.39 is 17.9 Å². The molecular weight excluding hydrogens is 258 g/mol. The lowest BCUT2D eigenvalue weighted by Gasteiger charge is -2.13. The number of pyridine rings is 1. The van der Waals surface area contributed by atoms with E-state index in [-0.39, 0.29) is 18.0 Å². The number of nitrogens with zero attached hydrogens (tertiary/aromatic N) is 1. The van der Waals surface area contributed by atoms with E-state index in [2.05, 4.69) is 10.3 Å². The summed E-state index contributed by atoms with van der Waals surface area (Å²) < 4.78 is 0. The highest BCUT2D eigenvalue weighted by Crippen LogP contribution is 2.22. The van der Waals surface area contributed by atoms with Crippen molar-refractivity contribution in [3.63, 3.8) is 0 Å². The van der Waals surface area contributed by atoms with E-state index in [1.165, 1.54) is 6.20 Å². The number of aryl methyl sites for hydroxylation is 1. The molecule has 1 unspecified atom stereocenters.